The summed E-state index contributed by atoms with van der Waals surface area (Å²) in [6.45, 7) is 0.906. The maximum absolute atomic E-state index is 13.0. The average molecular weight is 323 g/mol. The molecule has 17 heavy (non-hydrogen) atoms. The standard InChI is InChI=1S/C10H12BrFN2O2S/c11-8-1-3-14(4-2-8)17(15,16)10-5-9(12)6-13-7-10/h5-8H,1-4H2. The molecule has 0 aliphatic carbocycles. The van der Waals surface area contributed by atoms with E-state index >= 15 is 0 Å². The highest BCUT2D eigenvalue weighted by Gasteiger charge is 2.28. The van der Waals surface area contributed by atoms with Crippen LogP contribution in [0.2, 0.25) is 0 Å². The van der Waals surface area contributed by atoms with E-state index in [0.717, 1.165) is 25.1 Å². The van der Waals surface area contributed by atoms with Gasteiger partial charge in [0.15, 0.2) is 0 Å². The van der Waals surface area contributed by atoms with Gasteiger partial charge in [-0.15, -0.1) is 0 Å². The molecule has 0 saturated carbocycles. The van der Waals surface area contributed by atoms with Crippen LogP contribution in [-0.2, 0) is 10.0 Å². The molecule has 1 saturated heterocycles. The Labute approximate surface area is 108 Å². The zero-order chi connectivity index (χ0) is 12.5. The van der Waals surface area contributed by atoms with Crippen LogP contribution in [0, 0.1) is 5.82 Å². The minimum Gasteiger partial charge on any atom is -0.260 e. The molecule has 94 valence electrons. The van der Waals surface area contributed by atoms with E-state index in [1.807, 2.05) is 0 Å². The van der Waals surface area contributed by atoms with Crippen molar-refractivity contribution < 1.29 is 12.8 Å². The summed E-state index contributed by atoms with van der Waals surface area (Å²) < 4.78 is 38.7. The molecule has 0 amide bonds. The molecule has 0 radical (unpaired) electrons. The van der Waals surface area contributed by atoms with Gasteiger partial charge in [-0.25, -0.2) is 12.8 Å². The quantitative estimate of drug-likeness (QED) is 0.780. The normalized spacial score (nSPS) is 19.4. The Balaban J connectivity index is 2.25. The molecule has 0 spiro atoms. The lowest BCUT2D eigenvalue weighted by atomic mass is 10.2. The average Bonchev–Trinajstić information content (AvgIpc) is 2.29. The number of sulfonamides is 1. The van der Waals surface area contributed by atoms with E-state index < -0.39 is 15.8 Å². The first-order chi connectivity index (χ1) is 8.00. The number of hydrogen-bond donors (Lipinski definition) is 0. The third-order valence-corrected chi connectivity index (χ3v) is 5.48. The Bertz CT molecular complexity index is 501. The summed E-state index contributed by atoms with van der Waals surface area (Å²) >= 11 is 3.46. The van der Waals surface area contributed by atoms with Crippen LogP contribution in [-0.4, -0.2) is 35.6 Å². The lowest BCUT2D eigenvalue weighted by Crippen LogP contribution is -2.38. The first-order valence-electron chi connectivity index (χ1n) is 5.25. The summed E-state index contributed by atoms with van der Waals surface area (Å²) in [6, 6.07) is 1.00. The zero-order valence-electron chi connectivity index (χ0n) is 9.01. The van der Waals surface area contributed by atoms with Crippen molar-refractivity contribution in [3.63, 3.8) is 0 Å². The predicted octanol–water partition coefficient (Wildman–Crippen LogP) is 1.77. The zero-order valence-corrected chi connectivity index (χ0v) is 11.4. The van der Waals surface area contributed by atoms with E-state index in [0.29, 0.717) is 17.9 Å². The van der Waals surface area contributed by atoms with Gasteiger partial charge in [-0.05, 0) is 18.9 Å². The predicted molar refractivity (Wildman–Crippen MR) is 64.9 cm³/mol. The Morgan fingerprint density at radius 2 is 2.00 bits per heavy atom. The first kappa shape index (κ1) is 12.9. The first-order valence-corrected chi connectivity index (χ1v) is 7.60. The van der Waals surface area contributed by atoms with Crippen LogP contribution in [0.25, 0.3) is 0 Å². The van der Waals surface area contributed by atoms with Crippen LogP contribution in [0.1, 0.15) is 12.8 Å². The minimum atomic E-state index is -3.60. The fourth-order valence-electron chi connectivity index (χ4n) is 1.75. The maximum Gasteiger partial charge on any atom is 0.244 e. The van der Waals surface area contributed by atoms with E-state index in [1.165, 1.54) is 10.5 Å². The van der Waals surface area contributed by atoms with E-state index in [9.17, 15) is 12.8 Å². The largest absolute Gasteiger partial charge is 0.260 e. The monoisotopic (exact) mass is 322 g/mol. The van der Waals surface area contributed by atoms with E-state index in [1.54, 1.807) is 0 Å². The van der Waals surface area contributed by atoms with Gasteiger partial charge in [-0.3, -0.25) is 4.98 Å². The number of nitrogens with zero attached hydrogens (tertiary/aromatic N) is 2. The second kappa shape index (κ2) is 4.99. The molecular weight excluding hydrogens is 311 g/mol. The second-order valence-corrected chi connectivity index (χ2v) is 7.15. The Hall–Kier alpha value is -0.530. The smallest absolute Gasteiger partial charge is 0.244 e. The van der Waals surface area contributed by atoms with Gasteiger partial charge in [-0.2, -0.15) is 4.31 Å². The van der Waals surface area contributed by atoms with Gasteiger partial charge in [0.2, 0.25) is 10.0 Å². The lowest BCUT2D eigenvalue weighted by molar-refractivity contribution is 0.354. The van der Waals surface area contributed by atoms with Crippen LogP contribution < -0.4 is 0 Å². The Morgan fingerprint density at radius 1 is 1.35 bits per heavy atom. The van der Waals surface area contributed by atoms with Crippen molar-refractivity contribution in [2.45, 2.75) is 22.6 Å². The summed E-state index contributed by atoms with van der Waals surface area (Å²) in [5.41, 5.74) is 0. The molecule has 4 nitrogen and oxygen atoms in total. The lowest BCUT2D eigenvalue weighted by Gasteiger charge is -2.28. The Kier molecular flexibility index (Phi) is 3.79. The van der Waals surface area contributed by atoms with Crippen LogP contribution in [0.4, 0.5) is 4.39 Å². The summed E-state index contributed by atoms with van der Waals surface area (Å²) in [7, 11) is -3.60. The second-order valence-electron chi connectivity index (χ2n) is 3.92. The Morgan fingerprint density at radius 3 is 2.59 bits per heavy atom. The number of rotatable bonds is 2. The van der Waals surface area contributed by atoms with Crippen LogP contribution in [0.5, 0.6) is 0 Å². The summed E-state index contributed by atoms with van der Waals surface area (Å²) in [5, 5.41) is 0. The molecular formula is C10H12BrFN2O2S. The van der Waals surface area contributed by atoms with Gasteiger partial charge in [0, 0.05) is 24.1 Å². The topological polar surface area (TPSA) is 50.3 Å². The molecule has 0 atom stereocenters. The minimum absolute atomic E-state index is 0.0782. The summed E-state index contributed by atoms with van der Waals surface area (Å²) in [5.74, 6) is -0.638. The molecule has 0 aromatic carbocycles. The van der Waals surface area contributed by atoms with Crippen molar-refractivity contribution in [1.29, 1.82) is 0 Å². The van der Waals surface area contributed by atoms with Gasteiger partial charge >= 0.3 is 0 Å². The van der Waals surface area contributed by atoms with E-state index in [4.69, 9.17) is 0 Å². The molecule has 2 rings (SSSR count). The number of pyridine rings is 1. The number of alkyl halides is 1. The number of piperidine rings is 1. The summed E-state index contributed by atoms with van der Waals surface area (Å²) in [4.78, 5) is 3.85. The molecule has 2 heterocycles. The van der Waals surface area contributed by atoms with Crippen molar-refractivity contribution in [2.75, 3.05) is 13.1 Å². The van der Waals surface area contributed by atoms with E-state index in [2.05, 4.69) is 20.9 Å². The fraction of sp³-hybridized carbons (Fsp3) is 0.500. The molecule has 0 unspecified atom stereocenters. The van der Waals surface area contributed by atoms with Crippen molar-refractivity contribution in [3.8, 4) is 0 Å². The van der Waals surface area contributed by atoms with Crippen LogP contribution in [0.3, 0.4) is 0 Å². The maximum atomic E-state index is 13.0. The van der Waals surface area contributed by atoms with Gasteiger partial charge in [0.05, 0.1) is 6.20 Å². The SMILES string of the molecule is O=S(=O)(c1cncc(F)c1)N1CCC(Br)CC1. The molecule has 1 aromatic heterocycles. The highest BCUT2D eigenvalue weighted by molar-refractivity contribution is 9.09. The number of hydrogen-bond acceptors (Lipinski definition) is 3. The van der Waals surface area contributed by atoms with Gasteiger partial charge in [-0.1, -0.05) is 15.9 Å². The molecule has 0 N–H and O–H groups in total. The molecule has 7 heteroatoms. The third-order valence-electron chi connectivity index (χ3n) is 2.70. The van der Waals surface area contributed by atoms with Gasteiger partial charge in [0.1, 0.15) is 10.7 Å². The van der Waals surface area contributed by atoms with Crippen molar-refractivity contribution in [3.05, 3.63) is 24.3 Å². The van der Waals surface area contributed by atoms with Gasteiger partial charge in [0.25, 0.3) is 0 Å². The van der Waals surface area contributed by atoms with Crippen molar-refractivity contribution in [2.24, 2.45) is 0 Å². The summed E-state index contributed by atoms with van der Waals surface area (Å²) in [6.07, 6.45) is 3.70. The highest BCUT2D eigenvalue weighted by atomic mass is 79.9. The highest BCUT2D eigenvalue weighted by Crippen LogP contribution is 2.23. The van der Waals surface area contributed by atoms with Crippen LogP contribution >= 0.6 is 15.9 Å². The van der Waals surface area contributed by atoms with Crippen LogP contribution in [0.15, 0.2) is 23.4 Å². The van der Waals surface area contributed by atoms with E-state index in [-0.39, 0.29) is 4.90 Å². The molecule has 1 fully saturated rings. The van der Waals surface area contributed by atoms with Gasteiger partial charge < -0.3 is 0 Å². The third kappa shape index (κ3) is 2.83. The number of aromatic nitrogens is 1. The molecule has 1 aliphatic rings. The molecule has 0 bridgehead atoms. The van der Waals surface area contributed by atoms with Crippen molar-refractivity contribution >= 4 is 26.0 Å². The fourth-order valence-corrected chi connectivity index (χ4v) is 3.60. The molecule has 1 aromatic rings. The number of halogens is 2. The molecule has 1 aliphatic heterocycles. The van der Waals surface area contributed by atoms with Crippen molar-refractivity contribution in [1.82, 2.24) is 9.29 Å².